The van der Waals surface area contributed by atoms with Crippen LogP contribution in [0.2, 0.25) is 0 Å². The lowest BCUT2D eigenvalue weighted by atomic mass is 9.87. The molecular weight excluding hydrogens is 555 g/mol. The van der Waals surface area contributed by atoms with Crippen molar-refractivity contribution in [1.29, 1.82) is 0 Å². The predicted octanol–water partition coefficient (Wildman–Crippen LogP) is 7.10. The monoisotopic (exact) mass is 583 g/mol. The minimum atomic E-state index is -5.03. The summed E-state index contributed by atoms with van der Waals surface area (Å²) in [5.74, 6) is -3.61. The topological polar surface area (TPSA) is 104 Å². The Balaban J connectivity index is 1.52. The number of fused-ring (bicyclic) bond motifs is 1. The fourth-order valence-corrected chi connectivity index (χ4v) is 3.92. The van der Waals surface area contributed by atoms with Gasteiger partial charge in [-0.15, -0.1) is 0 Å². The van der Waals surface area contributed by atoms with Gasteiger partial charge in [0.1, 0.15) is 17.1 Å². The van der Waals surface area contributed by atoms with Crippen molar-refractivity contribution in [3.63, 3.8) is 0 Å². The second-order valence-electron chi connectivity index (χ2n) is 10.3. The minimum absolute atomic E-state index is 0.00183. The zero-order valence-corrected chi connectivity index (χ0v) is 23.3. The van der Waals surface area contributed by atoms with E-state index in [1.807, 2.05) is 20.8 Å². The Kier molecular flexibility index (Phi) is 8.60. The fraction of sp³-hybridized carbons (Fsp3) is 0.258. The van der Waals surface area contributed by atoms with E-state index in [-0.39, 0.29) is 28.9 Å². The molecule has 0 unspecified atom stereocenters. The van der Waals surface area contributed by atoms with Gasteiger partial charge in [-0.3, -0.25) is 9.59 Å². The number of carbonyl (C=O) groups excluding carboxylic acids is 2. The molecule has 0 aliphatic rings. The van der Waals surface area contributed by atoms with Gasteiger partial charge >= 0.3 is 12.1 Å². The van der Waals surface area contributed by atoms with Gasteiger partial charge in [0.25, 0.3) is 11.7 Å². The van der Waals surface area contributed by atoms with Crippen molar-refractivity contribution in [2.75, 3.05) is 18.5 Å². The first-order chi connectivity index (χ1) is 19.8. The van der Waals surface area contributed by atoms with E-state index >= 15 is 0 Å². The molecule has 0 saturated carbocycles. The van der Waals surface area contributed by atoms with E-state index in [0.717, 1.165) is 11.6 Å². The fourth-order valence-electron chi connectivity index (χ4n) is 3.92. The zero-order chi connectivity index (χ0) is 30.7. The van der Waals surface area contributed by atoms with Gasteiger partial charge in [-0.1, -0.05) is 32.9 Å². The van der Waals surface area contributed by atoms with Crippen molar-refractivity contribution in [2.24, 2.45) is 0 Å². The summed E-state index contributed by atoms with van der Waals surface area (Å²) < 4.78 is 62.6. The van der Waals surface area contributed by atoms with Gasteiger partial charge in [0.15, 0.2) is 6.61 Å². The van der Waals surface area contributed by atoms with E-state index in [1.54, 1.807) is 19.1 Å². The number of amides is 1. The summed E-state index contributed by atoms with van der Waals surface area (Å²) in [6.45, 7) is 7.38. The van der Waals surface area contributed by atoms with Crippen molar-refractivity contribution in [2.45, 2.75) is 39.3 Å². The number of halogens is 3. The number of carbonyl (C=O) groups is 2. The molecule has 4 rings (SSSR count). The summed E-state index contributed by atoms with van der Waals surface area (Å²) in [7, 11) is 0. The SMILES string of the molecule is CCOC(=O)c1ccc(NC(=O)COc2ccc3c(=O)c(Oc4ccc(C(C)(C)C)cc4)c(C(F)(F)F)oc3c2)cc1. The maximum atomic E-state index is 13.9. The van der Waals surface area contributed by atoms with Gasteiger partial charge in [0.05, 0.1) is 17.6 Å². The molecule has 11 heteroatoms. The largest absolute Gasteiger partial charge is 0.484 e. The lowest BCUT2D eigenvalue weighted by Gasteiger charge is -2.19. The average molecular weight is 584 g/mol. The van der Waals surface area contributed by atoms with E-state index in [1.165, 1.54) is 48.5 Å². The van der Waals surface area contributed by atoms with E-state index in [4.69, 9.17) is 18.6 Å². The van der Waals surface area contributed by atoms with Crippen LogP contribution >= 0.6 is 0 Å². The van der Waals surface area contributed by atoms with Crippen LogP contribution in [0.1, 0.15) is 49.4 Å². The van der Waals surface area contributed by atoms with Crippen LogP contribution in [-0.4, -0.2) is 25.1 Å². The number of benzene rings is 3. The molecule has 0 spiro atoms. The summed E-state index contributed by atoms with van der Waals surface area (Å²) in [5, 5.41) is 2.41. The van der Waals surface area contributed by atoms with Gasteiger partial charge in [-0.05, 0) is 66.4 Å². The minimum Gasteiger partial charge on any atom is -0.484 e. The van der Waals surface area contributed by atoms with Crippen molar-refractivity contribution >= 4 is 28.5 Å². The summed E-state index contributed by atoms with van der Waals surface area (Å²) in [4.78, 5) is 37.2. The van der Waals surface area contributed by atoms with Crippen LogP contribution in [0.4, 0.5) is 18.9 Å². The van der Waals surface area contributed by atoms with E-state index < -0.39 is 47.2 Å². The standard InChI is InChI=1S/C31H28F3NO7/c1-5-39-29(38)18-6-10-20(11-7-18)35-25(36)17-40-22-14-15-23-24(16-22)42-28(31(32,33)34)27(26(23)37)41-21-12-8-19(9-13-21)30(2,3)4/h6-16H,5,17H2,1-4H3,(H,35,36). The normalized spacial score (nSPS) is 11.7. The predicted molar refractivity (Wildman–Crippen MR) is 149 cm³/mol. The third kappa shape index (κ3) is 7.09. The molecule has 1 heterocycles. The molecule has 0 fully saturated rings. The van der Waals surface area contributed by atoms with E-state index in [9.17, 15) is 27.6 Å². The Morgan fingerprint density at radius 1 is 0.905 bits per heavy atom. The second kappa shape index (κ2) is 12.0. The number of alkyl halides is 3. The van der Waals surface area contributed by atoms with Gasteiger partial charge in [-0.25, -0.2) is 4.79 Å². The molecule has 4 aromatic rings. The van der Waals surface area contributed by atoms with E-state index in [2.05, 4.69) is 5.32 Å². The molecule has 42 heavy (non-hydrogen) atoms. The highest BCUT2D eigenvalue weighted by Crippen LogP contribution is 2.39. The molecule has 8 nitrogen and oxygen atoms in total. The van der Waals surface area contributed by atoms with Crippen LogP contribution in [0.25, 0.3) is 11.0 Å². The Bertz CT molecular complexity index is 1650. The number of hydrogen-bond donors (Lipinski definition) is 1. The summed E-state index contributed by atoms with van der Waals surface area (Å²) in [5.41, 5.74) is 0.0408. The zero-order valence-electron chi connectivity index (χ0n) is 23.3. The molecule has 0 saturated heterocycles. The van der Waals surface area contributed by atoms with Crippen molar-refractivity contribution in [1.82, 2.24) is 0 Å². The van der Waals surface area contributed by atoms with Gasteiger partial charge in [-0.2, -0.15) is 13.2 Å². The molecule has 0 atom stereocenters. The Morgan fingerprint density at radius 3 is 2.14 bits per heavy atom. The quantitative estimate of drug-likeness (QED) is 0.221. The second-order valence-corrected chi connectivity index (χ2v) is 10.3. The van der Waals surface area contributed by atoms with Crippen LogP contribution in [-0.2, 0) is 21.1 Å². The molecule has 0 radical (unpaired) electrons. The molecule has 0 aliphatic heterocycles. The summed E-state index contributed by atoms with van der Waals surface area (Å²) in [6.07, 6.45) is -5.03. The lowest BCUT2D eigenvalue weighted by molar-refractivity contribution is -0.154. The Hall–Kier alpha value is -4.80. The number of ether oxygens (including phenoxy) is 3. The molecule has 220 valence electrons. The molecule has 0 bridgehead atoms. The van der Waals surface area contributed by atoms with Gasteiger partial charge in [0, 0.05) is 11.8 Å². The number of esters is 1. The summed E-state index contributed by atoms with van der Waals surface area (Å²) in [6, 6.07) is 16.0. The van der Waals surface area contributed by atoms with Gasteiger partial charge < -0.3 is 23.9 Å². The number of anilines is 1. The van der Waals surface area contributed by atoms with Crippen LogP contribution in [0.15, 0.2) is 75.9 Å². The van der Waals surface area contributed by atoms with Crippen LogP contribution < -0.4 is 20.2 Å². The smallest absolute Gasteiger partial charge is 0.453 e. The van der Waals surface area contributed by atoms with Gasteiger partial charge in [0.2, 0.25) is 11.2 Å². The third-order valence-electron chi connectivity index (χ3n) is 6.07. The first-order valence-electron chi connectivity index (χ1n) is 12.9. The highest BCUT2D eigenvalue weighted by Gasteiger charge is 2.40. The van der Waals surface area contributed by atoms with Crippen LogP contribution in [0, 0.1) is 0 Å². The third-order valence-corrected chi connectivity index (χ3v) is 6.07. The molecule has 1 aromatic heterocycles. The molecule has 3 aromatic carbocycles. The van der Waals surface area contributed by atoms with E-state index in [0.29, 0.717) is 11.3 Å². The number of rotatable bonds is 8. The van der Waals surface area contributed by atoms with Crippen molar-refractivity contribution in [3.05, 3.63) is 93.8 Å². The first-order valence-corrected chi connectivity index (χ1v) is 12.9. The highest BCUT2D eigenvalue weighted by molar-refractivity contribution is 5.93. The number of nitrogens with one attached hydrogen (secondary N) is 1. The molecular formula is C31H28F3NO7. The highest BCUT2D eigenvalue weighted by atomic mass is 19.4. The maximum Gasteiger partial charge on any atom is 0.453 e. The number of hydrogen-bond acceptors (Lipinski definition) is 7. The Labute approximate surface area is 239 Å². The first kappa shape index (κ1) is 30.2. The van der Waals surface area contributed by atoms with Crippen molar-refractivity contribution in [3.8, 4) is 17.2 Å². The molecule has 0 aliphatic carbocycles. The van der Waals surface area contributed by atoms with Crippen molar-refractivity contribution < 1.29 is 41.4 Å². The van der Waals surface area contributed by atoms with Crippen LogP contribution in [0.5, 0.6) is 17.2 Å². The maximum absolute atomic E-state index is 13.9. The molecule has 1 amide bonds. The Morgan fingerprint density at radius 2 is 1.55 bits per heavy atom. The molecule has 1 N–H and O–H groups in total. The summed E-state index contributed by atoms with van der Waals surface area (Å²) >= 11 is 0. The van der Waals surface area contributed by atoms with Crippen LogP contribution in [0.3, 0.4) is 0 Å². The lowest BCUT2D eigenvalue weighted by Crippen LogP contribution is -2.20. The average Bonchev–Trinajstić information content (AvgIpc) is 2.93.